The summed E-state index contributed by atoms with van der Waals surface area (Å²) < 4.78 is 54.5. The summed E-state index contributed by atoms with van der Waals surface area (Å²) in [5.74, 6) is -4.27. The number of pyridine rings is 1. The van der Waals surface area contributed by atoms with E-state index < -0.39 is 19.0 Å². The number of nitrogens with one attached hydrogen (secondary N) is 1. The van der Waals surface area contributed by atoms with Gasteiger partial charge in [-0.05, 0) is 39.3 Å². The molecular weight excluding hydrogens is 288 g/mol. The number of nitrogens with zero attached hydrogens (tertiary/aromatic N) is 1. The van der Waals surface area contributed by atoms with Crippen molar-refractivity contribution in [2.75, 3.05) is 6.61 Å². The highest BCUT2D eigenvalue weighted by molar-refractivity contribution is 5.24. The second-order valence-corrected chi connectivity index (χ2v) is 5.91. The third kappa shape index (κ3) is 6.29. The fourth-order valence-electron chi connectivity index (χ4n) is 1.48. The molecule has 21 heavy (non-hydrogen) atoms. The number of aryl methyl sites for hydroxylation is 1. The first-order chi connectivity index (χ1) is 9.49. The van der Waals surface area contributed by atoms with E-state index in [4.69, 9.17) is 4.74 Å². The van der Waals surface area contributed by atoms with Crippen LogP contribution in [-0.2, 0) is 6.54 Å². The average Bonchev–Trinajstić information content (AvgIpc) is 2.32. The molecule has 1 rings (SSSR count). The largest absolute Gasteiger partial charge is 0.471 e. The maximum absolute atomic E-state index is 12.8. The monoisotopic (exact) mass is 308 g/mol. The molecule has 1 aromatic rings. The van der Waals surface area contributed by atoms with Crippen LogP contribution in [0.25, 0.3) is 0 Å². The second-order valence-electron chi connectivity index (χ2n) is 5.91. The van der Waals surface area contributed by atoms with Crippen LogP contribution in [-0.4, -0.2) is 29.5 Å². The molecule has 7 heteroatoms. The summed E-state index contributed by atoms with van der Waals surface area (Å²) in [6.45, 7) is 6.74. The van der Waals surface area contributed by atoms with Gasteiger partial charge in [0.05, 0.1) is 0 Å². The molecule has 0 aromatic carbocycles. The minimum Gasteiger partial charge on any atom is -0.471 e. The van der Waals surface area contributed by atoms with Crippen molar-refractivity contribution in [1.29, 1.82) is 0 Å². The van der Waals surface area contributed by atoms with Crippen molar-refractivity contribution in [3.05, 3.63) is 23.4 Å². The third-order valence-electron chi connectivity index (χ3n) is 2.54. The molecule has 0 unspecified atom stereocenters. The van der Waals surface area contributed by atoms with E-state index in [1.165, 1.54) is 6.07 Å². The van der Waals surface area contributed by atoms with Crippen molar-refractivity contribution >= 4 is 0 Å². The van der Waals surface area contributed by atoms with Gasteiger partial charge in [0.25, 0.3) is 0 Å². The molecule has 0 saturated heterocycles. The van der Waals surface area contributed by atoms with Gasteiger partial charge in [0.2, 0.25) is 5.88 Å². The summed E-state index contributed by atoms with van der Waals surface area (Å²) in [5.41, 5.74) is 1.24. The first-order valence-corrected chi connectivity index (χ1v) is 6.51. The molecule has 0 aliphatic heterocycles. The van der Waals surface area contributed by atoms with Crippen molar-refractivity contribution in [2.24, 2.45) is 0 Å². The van der Waals surface area contributed by atoms with Crippen LogP contribution in [0.5, 0.6) is 5.88 Å². The molecule has 0 atom stereocenters. The Labute approximate surface area is 121 Å². The van der Waals surface area contributed by atoms with Crippen molar-refractivity contribution in [3.63, 3.8) is 0 Å². The van der Waals surface area contributed by atoms with E-state index in [1.807, 2.05) is 20.8 Å². The first-order valence-electron chi connectivity index (χ1n) is 6.51. The number of rotatable bonds is 6. The van der Waals surface area contributed by atoms with E-state index in [-0.39, 0.29) is 11.4 Å². The lowest BCUT2D eigenvalue weighted by atomic mass is 10.1. The van der Waals surface area contributed by atoms with Gasteiger partial charge in [-0.3, -0.25) is 0 Å². The molecule has 120 valence electrons. The highest BCUT2D eigenvalue weighted by Crippen LogP contribution is 2.24. The van der Waals surface area contributed by atoms with Crippen LogP contribution in [0.4, 0.5) is 17.6 Å². The zero-order valence-electron chi connectivity index (χ0n) is 12.5. The Morgan fingerprint density at radius 2 is 1.86 bits per heavy atom. The number of aromatic nitrogens is 1. The van der Waals surface area contributed by atoms with E-state index in [1.54, 1.807) is 13.0 Å². The van der Waals surface area contributed by atoms with Gasteiger partial charge in [0.15, 0.2) is 6.61 Å². The maximum atomic E-state index is 12.8. The minimum atomic E-state index is -4.19. The fourth-order valence-corrected chi connectivity index (χ4v) is 1.48. The smallest absolute Gasteiger partial charge is 0.340 e. The predicted octanol–water partition coefficient (Wildman–Crippen LogP) is 3.56. The van der Waals surface area contributed by atoms with Crippen LogP contribution in [0.3, 0.4) is 0 Å². The molecule has 3 nitrogen and oxygen atoms in total. The zero-order chi connectivity index (χ0) is 16.3. The average molecular weight is 308 g/mol. The lowest BCUT2D eigenvalue weighted by molar-refractivity contribution is -0.148. The Kier molecular flexibility index (Phi) is 5.55. The number of halogens is 4. The molecule has 1 N–H and O–H groups in total. The normalized spacial score (nSPS) is 12.8. The number of alkyl halides is 4. The Morgan fingerprint density at radius 1 is 1.24 bits per heavy atom. The van der Waals surface area contributed by atoms with Crippen molar-refractivity contribution in [1.82, 2.24) is 10.3 Å². The van der Waals surface area contributed by atoms with Crippen molar-refractivity contribution < 1.29 is 22.3 Å². The minimum absolute atomic E-state index is 0.0824. The lowest BCUT2D eigenvalue weighted by Crippen LogP contribution is -2.35. The van der Waals surface area contributed by atoms with Gasteiger partial charge in [-0.15, -0.1) is 0 Å². The Balaban J connectivity index is 2.74. The van der Waals surface area contributed by atoms with Gasteiger partial charge in [-0.25, -0.2) is 13.8 Å². The molecular formula is C14H20F4N2O. The predicted molar refractivity (Wildman–Crippen MR) is 72.0 cm³/mol. The van der Waals surface area contributed by atoms with E-state index in [0.29, 0.717) is 12.2 Å². The molecule has 0 bridgehead atoms. The molecule has 0 saturated carbocycles. The van der Waals surface area contributed by atoms with Gasteiger partial charge in [0.1, 0.15) is 0 Å². The SMILES string of the molecule is Cc1cc(CNC(C)(C)C)cc(OCC(F)(F)C(F)F)n1. The molecule has 1 aromatic heterocycles. The number of ether oxygens (including phenoxy) is 1. The van der Waals surface area contributed by atoms with Crippen LogP contribution >= 0.6 is 0 Å². The van der Waals surface area contributed by atoms with Gasteiger partial charge >= 0.3 is 12.3 Å². The van der Waals surface area contributed by atoms with E-state index in [0.717, 1.165) is 5.56 Å². The summed E-state index contributed by atoms with van der Waals surface area (Å²) in [4.78, 5) is 3.91. The fraction of sp³-hybridized carbons (Fsp3) is 0.643. The molecule has 0 amide bonds. The first kappa shape index (κ1) is 17.7. The summed E-state index contributed by atoms with van der Waals surface area (Å²) in [6.07, 6.45) is -3.76. The van der Waals surface area contributed by atoms with E-state index >= 15 is 0 Å². The third-order valence-corrected chi connectivity index (χ3v) is 2.54. The van der Waals surface area contributed by atoms with Gasteiger partial charge in [-0.1, -0.05) is 0 Å². The maximum Gasteiger partial charge on any atom is 0.340 e. The number of hydrogen-bond donors (Lipinski definition) is 1. The second kappa shape index (κ2) is 6.60. The summed E-state index contributed by atoms with van der Waals surface area (Å²) in [5, 5.41) is 3.23. The van der Waals surface area contributed by atoms with E-state index in [9.17, 15) is 17.6 Å². The zero-order valence-corrected chi connectivity index (χ0v) is 12.5. The van der Waals surface area contributed by atoms with Crippen LogP contribution < -0.4 is 10.1 Å². The molecule has 0 aliphatic carbocycles. The molecule has 0 radical (unpaired) electrons. The van der Waals surface area contributed by atoms with Crippen molar-refractivity contribution in [3.8, 4) is 5.88 Å². The van der Waals surface area contributed by atoms with Crippen molar-refractivity contribution in [2.45, 2.75) is 52.1 Å². The van der Waals surface area contributed by atoms with Crippen LogP contribution in [0.15, 0.2) is 12.1 Å². The molecule has 0 fully saturated rings. The van der Waals surface area contributed by atoms with Gasteiger partial charge in [-0.2, -0.15) is 8.78 Å². The molecule has 0 spiro atoms. The highest BCUT2D eigenvalue weighted by Gasteiger charge is 2.41. The highest BCUT2D eigenvalue weighted by atomic mass is 19.3. The van der Waals surface area contributed by atoms with E-state index in [2.05, 4.69) is 10.3 Å². The summed E-state index contributed by atoms with van der Waals surface area (Å²) in [7, 11) is 0. The van der Waals surface area contributed by atoms with Crippen LogP contribution in [0.1, 0.15) is 32.0 Å². The van der Waals surface area contributed by atoms with Crippen LogP contribution in [0, 0.1) is 6.92 Å². The summed E-state index contributed by atoms with van der Waals surface area (Å²) >= 11 is 0. The quantitative estimate of drug-likeness (QED) is 0.816. The van der Waals surface area contributed by atoms with Gasteiger partial charge < -0.3 is 10.1 Å². The Bertz CT molecular complexity index is 473. The lowest BCUT2D eigenvalue weighted by Gasteiger charge is -2.21. The summed E-state index contributed by atoms with van der Waals surface area (Å²) in [6, 6.07) is 3.24. The molecule has 1 heterocycles. The number of hydrogen-bond acceptors (Lipinski definition) is 3. The Morgan fingerprint density at radius 3 is 2.38 bits per heavy atom. The van der Waals surface area contributed by atoms with Gasteiger partial charge in [0, 0.05) is 23.8 Å². The molecule has 0 aliphatic rings. The van der Waals surface area contributed by atoms with Crippen LogP contribution in [0.2, 0.25) is 0 Å². The Hall–Kier alpha value is -1.37. The topological polar surface area (TPSA) is 34.1 Å². The standard InChI is InChI=1S/C14H20F4N2O/c1-9-5-10(7-19-13(2,3)4)6-11(20-9)21-8-14(17,18)12(15)16/h5-6,12,19H,7-8H2,1-4H3.